The molecule has 0 atom stereocenters. The lowest BCUT2D eigenvalue weighted by Crippen LogP contribution is -2.15. The largest absolute Gasteiger partial charge is 0.350 e. The molecule has 0 aliphatic heterocycles. The first-order valence-corrected chi connectivity index (χ1v) is 6.40. The number of fused-ring (bicyclic) bond motifs is 1. The number of anilines is 1. The summed E-state index contributed by atoms with van der Waals surface area (Å²) < 4.78 is 27.1. The van der Waals surface area contributed by atoms with Gasteiger partial charge in [0.25, 0.3) is 5.91 Å². The molecular formula is C16H12F2N2O. The Hall–Kier alpha value is -2.69. The zero-order valence-corrected chi connectivity index (χ0v) is 11.2. The van der Waals surface area contributed by atoms with Gasteiger partial charge < -0.3 is 10.3 Å². The number of aromatic amines is 1. The van der Waals surface area contributed by atoms with E-state index in [0.29, 0.717) is 5.69 Å². The lowest BCUT2D eigenvalue weighted by atomic mass is 10.1. The van der Waals surface area contributed by atoms with Crippen molar-refractivity contribution in [2.45, 2.75) is 6.92 Å². The molecule has 0 radical (unpaired) electrons. The first-order valence-electron chi connectivity index (χ1n) is 6.40. The first-order chi connectivity index (χ1) is 10.1. The summed E-state index contributed by atoms with van der Waals surface area (Å²) in [5.41, 5.74) is 1.38. The summed E-state index contributed by atoms with van der Waals surface area (Å²) >= 11 is 0. The third-order valence-electron chi connectivity index (χ3n) is 3.39. The van der Waals surface area contributed by atoms with Crippen molar-refractivity contribution in [3.8, 4) is 0 Å². The van der Waals surface area contributed by atoms with Crippen LogP contribution in [0, 0.1) is 18.6 Å². The average Bonchev–Trinajstić information content (AvgIpc) is 2.81. The van der Waals surface area contributed by atoms with Crippen LogP contribution in [0.5, 0.6) is 0 Å². The number of halogens is 2. The van der Waals surface area contributed by atoms with Crippen molar-refractivity contribution >= 4 is 22.5 Å². The van der Waals surface area contributed by atoms with Crippen molar-refractivity contribution in [1.29, 1.82) is 0 Å². The molecule has 0 unspecified atom stereocenters. The summed E-state index contributed by atoms with van der Waals surface area (Å²) in [6, 6.07) is 10.9. The van der Waals surface area contributed by atoms with Gasteiger partial charge in [0.2, 0.25) is 0 Å². The van der Waals surface area contributed by atoms with Crippen LogP contribution >= 0.6 is 0 Å². The van der Waals surface area contributed by atoms with Crippen molar-refractivity contribution in [1.82, 2.24) is 4.98 Å². The third-order valence-corrected chi connectivity index (χ3v) is 3.39. The Balaban J connectivity index is 2.00. The van der Waals surface area contributed by atoms with Crippen LogP contribution in [0.15, 0.2) is 42.5 Å². The molecule has 3 rings (SSSR count). The fourth-order valence-corrected chi connectivity index (χ4v) is 2.30. The van der Waals surface area contributed by atoms with E-state index in [1.165, 1.54) is 6.07 Å². The highest BCUT2D eigenvalue weighted by Gasteiger charge is 2.17. The van der Waals surface area contributed by atoms with Crippen LogP contribution in [0.2, 0.25) is 0 Å². The van der Waals surface area contributed by atoms with E-state index in [1.807, 2.05) is 24.3 Å². The molecule has 5 heteroatoms. The zero-order chi connectivity index (χ0) is 15.0. The molecule has 2 N–H and O–H groups in total. The normalized spacial score (nSPS) is 10.8. The maximum Gasteiger partial charge on any atom is 0.272 e. The number of aryl methyl sites for hydroxylation is 1. The van der Waals surface area contributed by atoms with Crippen LogP contribution in [0.4, 0.5) is 14.5 Å². The number of carbonyl (C=O) groups excluding carboxylic acids is 1. The van der Waals surface area contributed by atoms with Crippen LogP contribution in [0.1, 0.15) is 16.1 Å². The van der Waals surface area contributed by atoms with Crippen molar-refractivity contribution in [3.05, 3.63) is 65.4 Å². The van der Waals surface area contributed by atoms with E-state index in [4.69, 9.17) is 0 Å². The number of H-pyrrole nitrogens is 1. The van der Waals surface area contributed by atoms with Crippen molar-refractivity contribution in [2.75, 3.05) is 5.32 Å². The standard InChI is InChI=1S/C16H12F2N2O/c1-9-10-5-2-3-8-13(10)19-14(9)16(21)20-15-11(17)6-4-7-12(15)18/h2-8,19H,1H3,(H,20,21). The molecule has 3 nitrogen and oxygen atoms in total. The highest BCUT2D eigenvalue weighted by atomic mass is 19.1. The molecule has 21 heavy (non-hydrogen) atoms. The Kier molecular flexibility index (Phi) is 3.17. The van der Waals surface area contributed by atoms with Crippen LogP contribution in [-0.2, 0) is 0 Å². The van der Waals surface area contributed by atoms with Gasteiger partial charge in [0.05, 0.1) is 0 Å². The van der Waals surface area contributed by atoms with Crippen LogP contribution in [-0.4, -0.2) is 10.9 Å². The van der Waals surface area contributed by atoms with Crippen LogP contribution < -0.4 is 5.32 Å². The molecule has 0 spiro atoms. The number of carbonyl (C=O) groups is 1. The Morgan fingerprint density at radius 3 is 2.38 bits per heavy atom. The molecule has 2 aromatic carbocycles. The number of amides is 1. The van der Waals surface area contributed by atoms with E-state index < -0.39 is 23.2 Å². The molecule has 1 aromatic heterocycles. The highest BCUT2D eigenvalue weighted by Crippen LogP contribution is 2.23. The SMILES string of the molecule is Cc1c(C(=O)Nc2c(F)cccc2F)[nH]c2ccccc12. The van der Waals surface area contributed by atoms with Gasteiger partial charge in [0, 0.05) is 10.9 Å². The Labute approximate surface area is 119 Å². The maximum absolute atomic E-state index is 13.6. The number of aromatic nitrogens is 1. The molecule has 1 heterocycles. The van der Waals surface area contributed by atoms with Gasteiger partial charge in [-0.05, 0) is 30.7 Å². The monoisotopic (exact) mass is 286 g/mol. The zero-order valence-electron chi connectivity index (χ0n) is 11.2. The van der Waals surface area contributed by atoms with Gasteiger partial charge in [-0.2, -0.15) is 0 Å². The third kappa shape index (κ3) is 2.27. The highest BCUT2D eigenvalue weighted by molar-refractivity contribution is 6.07. The van der Waals surface area contributed by atoms with E-state index in [1.54, 1.807) is 6.92 Å². The second kappa shape index (κ2) is 5.01. The number of hydrogen-bond acceptors (Lipinski definition) is 1. The fraction of sp³-hybridized carbons (Fsp3) is 0.0625. The van der Waals surface area contributed by atoms with Crippen molar-refractivity contribution < 1.29 is 13.6 Å². The van der Waals surface area contributed by atoms with Gasteiger partial charge in [0.15, 0.2) is 0 Å². The maximum atomic E-state index is 13.6. The Morgan fingerprint density at radius 2 is 1.71 bits per heavy atom. The Bertz CT molecular complexity index is 819. The predicted octanol–water partition coefficient (Wildman–Crippen LogP) is 4.01. The summed E-state index contributed by atoms with van der Waals surface area (Å²) in [7, 11) is 0. The van der Waals surface area contributed by atoms with E-state index in [9.17, 15) is 13.6 Å². The lowest BCUT2D eigenvalue weighted by Gasteiger charge is -2.07. The minimum atomic E-state index is -0.808. The lowest BCUT2D eigenvalue weighted by molar-refractivity contribution is 0.102. The quantitative estimate of drug-likeness (QED) is 0.734. The summed E-state index contributed by atoms with van der Waals surface area (Å²) in [6.45, 7) is 1.78. The molecular weight excluding hydrogens is 274 g/mol. The average molecular weight is 286 g/mol. The van der Waals surface area contributed by atoms with E-state index >= 15 is 0 Å². The topological polar surface area (TPSA) is 44.9 Å². The summed E-state index contributed by atoms with van der Waals surface area (Å²) in [5, 5.41) is 3.18. The number of rotatable bonds is 2. The van der Waals surface area contributed by atoms with E-state index in [2.05, 4.69) is 10.3 Å². The van der Waals surface area contributed by atoms with Gasteiger partial charge in [-0.15, -0.1) is 0 Å². The van der Waals surface area contributed by atoms with Crippen molar-refractivity contribution in [3.63, 3.8) is 0 Å². The smallest absolute Gasteiger partial charge is 0.272 e. The van der Waals surface area contributed by atoms with Gasteiger partial charge in [-0.25, -0.2) is 8.78 Å². The predicted molar refractivity (Wildman–Crippen MR) is 77.3 cm³/mol. The number of para-hydroxylation sites is 2. The summed E-state index contributed by atoms with van der Waals surface area (Å²) in [6.07, 6.45) is 0. The molecule has 3 aromatic rings. The molecule has 0 saturated carbocycles. The molecule has 0 saturated heterocycles. The summed E-state index contributed by atoms with van der Waals surface area (Å²) in [4.78, 5) is 15.2. The number of hydrogen-bond donors (Lipinski definition) is 2. The van der Waals surface area contributed by atoms with Crippen LogP contribution in [0.3, 0.4) is 0 Å². The number of benzene rings is 2. The molecule has 0 aliphatic rings. The molecule has 0 fully saturated rings. The Morgan fingerprint density at radius 1 is 1.05 bits per heavy atom. The summed E-state index contributed by atoms with van der Waals surface area (Å²) in [5.74, 6) is -2.19. The molecule has 0 aliphatic carbocycles. The second-order valence-corrected chi connectivity index (χ2v) is 4.72. The fourth-order valence-electron chi connectivity index (χ4n) is 2.30. The van der Waals surface area contributed by atoms with Gasteiger partial charge in [-0.1, -0.05) is 24.3 Å². The van der Waals surface area contributed by atoms with Gasteiger partial charge >= 0.3 is 0 Å². The molecule has 106 valence electrons. The minimum absolute atomic E-state index is 0.291. The van der Waals surface area contributed by atoms with Gasteiger partial charge in [0.1, 0.15) is 23.0 Å². The van der Waals surface area contributed by atoms with E-state index in [-0.39, 0.29) is 0 Å². The first kappa shape index (κ1) is 13.3. The van der Waals surface area contributed by atoms with Crippen molar-refractivity contribution in [2.24, 2.45) is 0 Å². The van der Waals surface area contributed by atoms with Crippen LogP contribution in [0.25, 0.3) is 10.9 Å². The van der Waals surface area contributed by atoms with Gasteiger partial charge in [-0.3, -0.25) is 4.79 Å². The molecule has 1 amide bonds. The molecule has 0 bridgehead atoms. The second-order valence-electron chi connectivity index (χ2n) is 4.72. The number of nitrogens with one attached hydrogen (secondary N) is 2. The van der Waals surface area contributed by atoms with E-state index in [0.717, 1.165) is 28.6 Å². The minimum Gasteiger partial charge on any atom is -0.350 e.